The van der Waals surface area contributed by atoms with Gasteiger partial charge in [0, 0.05) is 12.3 Å². The minimum Gasteiger partial charge on any atom is -0.480 e. The molecule has 4 amide bonds. The molecule has 0 aromatic heterocycles. The summed E-state index contributed by atoms with van der Waals surface area (Å²) in [6, 6.07) is -4.78. The van der Waals surface area contributed by atoms with Crippen LogP contribution in [0.2, 0.25) is 0 Å². The molecule has 0 aromatic carbocycles. The molecule has 188 valence electrons. The van der Waals surface area contributed by atoms with Gasteiger partial charge in [-0.25, -0.2) is 4.79 Å². The molecule has 4 unspecified atom stereocenters. The predicted octanol–water partition coefficient (Wildman–Crippen LogP) is -3.63. The Bertz CT molecular complexity index is 743. The van der Waals surface area contributed by atoms with Gasteiger partial charge in [0.15, 0.2) is 5.96 Å². The molecule has 0 heterocycles. The summed E-state index contributed by atoms with van der Waals surface area (Å²) < 4.78 is 0. The summed E-state index contributed by atoms with van der Waals surface area (Å²) >= 11 is 4.06. The van der Waals surface area contributed by atoms with Gasteiger partial charge in [0.25, 0.3) is 0 Å². The predicted molar refractivity (Wildman–Crippen MR) is 124 cm³/mol. The number of thiol groups is 1. The molecular weight excluding hydrogens is 456 g/mol. The van der Waals surface area contributed by atoms with E-state index in [4.69, 9.17) is 22.9 Å². The number of carboxylic acids is 1. The number of nitrogens with two attached hydrogens (primary N) is 4. The third kappa shape index (κ3) is 11.9. The lowest BCUT2D eigenvalue weighted by Crippen LogP contribution is -2.58. The first-order valence-corrected chi connectivity index (χ1v) is 10.8. The van der Waals surface area contributed by atoms with Gasteiger partial charge in [0.05, 0.1) is 12.5 Å². The van der Waals surface area contributed by atoms with Gasteiger partial charge in [-0.05, 0) is 18.8 Å². The minimum absolute atomic E-state index is 0.0238. The maximum atomic E-state index is 12.7. The first kappa shape index (κ1) is 29.9. The average molecular weight is 491 g/mol. The van der Waals surface area contributed by atoms with E-state index in [1.54, 1.807) is 13.8 Å². The summed E-state index contributed by atoms with van der Waals surface area (Å²) in [6.07, 6.45) is -0.367. The lowest BCUT2D eigenvalue weighted by molar-refractivity contribution is -0.143. The number of hydrogen-bond acceptors (Lipinski definition) is 8. The molecule has 0 aliphatic carbocycles. The molecule has 0 radical (unpaired) electrons. The molecule has 14 nitrogen and oxygen atoms in total. The van der Waals surface area contributed by atoms with Gasteiger partial charge >= 0.3 is 5.97 Å². The largest absolute Gasteiger partial charge is 0.480 e. The number of guanidine groups is 1. The molecule has 4 atom stereocenters. The molecule has 0 aliphatic heterocycles. The monoisotopic (exact) mass is 490 g/mol. The van der Waals surface area contributed by atoms with Crippen LogP contribution in [0.15, 0.2) is 4.99 Å². The van der Waals surface area contributed by atoms with E-state index in [9.17, 15) is 29.1 Å². The van der Waals surface area contributed by atoms with Crippen molar-refractivity contribution in [1.82, 2.24) is 16.0 Å². The molecule has 12 N–H and O–H groups in total. The van der Waals surface area contributed by atoms with Crippen LogP contribution in [0.5, 0.6) is 0 Å². The Kier molecular flexibility index (Phi) is 13.5. The van der Waals surface area contributed by atoms with E-state index in [2.05, 4.69) is 33.6 Å². The number of carboxylic acid groups (broad SMARTS) is 1. The van der Waals surface area contributed by atoms with Crippen LogP contribution in [0.3, 0.4) is 0 Å². The van der Waals surface area contributed by atoms with E-state index in [-0.39, 0.29) is 37.0 Å². The highest BCUT2D eigenvalue weighted by atomic mass is 32.1. The van der Waals surface area contributed by atoms with Crippen LogP contribution in [-0.2, 0) is 24.0 Å². The Hall–Kier alpha value is -3.07. The van der Waals surface area contributed by atoms with Crippen molar-refractivity contribution in [3.8, 4) is 0 Å². The van der Waals surface area contributed by atoms with Crippen LogP contribution in [0, 0.1) is 5.92 Å². The number of amides is 4. The normalized spacial score (nSPS) is 14.3. The molecule has 0 aliphatic rings. The third-order valence-corrected chi connectivity index (χ3v) is 4.80. The number of aliphatic carboxylic acids is 1. The third-order valence-electron chi connectivity index (χ3n) is 4.43. The number of carbonyl (C=O) groups is 5. The van der Waals surface area contributed by atoms with Crippen molar-refractivity contribution < 1.29 is 29.1 Å². The minimum atomic E-state index is -1.59. The summed E-state index contributed by atoms with van der Waals surface area (Å²) in [4.78, 5) is 63.8. The zero-order valence-electron chi connectivity index (χ0n) is 18.6. The lowest BCUT2D eigenvalue weighted by atomic mass is 10.0. The molecule has 0 bridgehead atoms. The van der Waals surface area contributed by atoms with E-state index in [0.717, 1.165) is 0 Å². The summed E-state index contributed by atoms with van der Waals surface area (Å²) in [6.45, 7) is 3.62. The Morgan fingerprint density at radius 2 is 1.42 bits per heavy atom. The van der Waals surface area contributed by atoms with Crippen LogP contribution in [-0.4, -0.2) is 77.1 Å². The quantitative estimate of drug-likeness (QED) is 0.0474. The Morgan fingerprint density at radius 1 is 0.909 bits per heavy atom. The van der Waals surface area contributed by atoms with Crippen LogP contribution in [0.4, 0.5) is 0 Å². The van der Waals surface area contributed by atoms with E-state index in [1.807, 2.05) is 0 Å². The molecule has 0 spiro atoms. The molecule has 0 fully saturated rings. The zero-order chi connectivity index (χ0) is 25.7. The highest BCUT2D eigenvalue weighted by molar-refractivity contribution is 7.80. The van der Waals surface area contributed by atoms with Crippen molar-refractivity contribution in [2.45, 2.75) is 57.3 Å². The number of primary amides is 1. The highest BCUT2D eigenvalue weighted by Gasteiger charge is 2.30. The number of nitrogens with zero attached hydrogens (tertiary/aromatic N) is 1. The van der Waals surface area contributed by atoms with Gasteiger partial charge in [-0.1, -0.05) is 13.8 Å². The maximum absolute atomic E-state index is 12.7. The second-order valence-corrected chi connectivity index (χ2v) is 7.96. The first-order chi connectivity index (χ1) is 15.3. The number of carbonyl (C=O) groups excluding carboxylic acids is 4. The van der Waals surface area contributed by atoms with Gasteiger partial charge in [-0.15, -0.1) is 0 Å². The fourth-order valence-corrected chi connectivity index (χ4v) is 2.74. The number of hydrogen-bond donors (Lipinski definition) is 9. The Morgan fingerprint density at radius 3 is 1.88 bits per heavy atom. The summed E-state index contributed by atoms with van der Waals surface area (Å²) in [5.74, 6) is -5.02. The lowest BCUT2D eigenvalue weighted by Gasteiger charge is -2.25. The molecular formula is C18H34N8O6S. The maximum Gasteiger partial charge on any atom is 0.326 e. The van der Waals surface area contributed by atoms with Crippen molar-refractivity contribution in [1.29, 1.82) is 0 Å². The van der Waals surface area contributed by atoms with Crippen molar-refractivity contribution in [3.63, 3.8) is 0 Å². The average Bonchev–Trinajstić information content (AvgIpc) is 2.71. The van der Waals surface area contributed by atoms with E-state index in [1.165, 1.54) is 0 Å². The van der Waals surface area contributed by atoms with Crippen LogP contribution in [0.25, 0.3) is 0 Å². The fourth-order valence-electron chi connectivity index (χ4n) is 2.48. The second kappa shape index (κ2) is 14.9. The zero-order valence-corrected chi connectivity index (χ0v) is 19.5. The van der Waals surface area contributed by atoms with E-state index < -0.39 is 60.2 Å². The van der Waals surface area contributed by atoms with Gasteiger partial charge < -0.3 is 44.0 Å². The number of rotatable bonds is 15. The van der Waals surface area contributed by atoms with Crippen LogP contribution >= 0.6 is 12.6 Å². The highest BCUT2D eigenvalue weighted by Crippen LogP contribution is 2.04. The Labute approximate surface area is 197 Å². The van der Waals surface area contributed by atoms with Crippen molar-refractivity contribution in [2.24, 2.45) is 33.8 Å². The summed E-state index contributed by atoms with van der Waals surface area (Å²) in [7, 11) is 0. The SMILES string of the molecule is CC(C)C(N)C(=O)NC(CS)C(=O)NC(CCCN=C(N)N)C(=O)NC(CC(N)=O)C(=O)O. The molecule has 33 heavy (non-hydrogen) atoms. The van der Waals surface area contributed by atoms with Gasteiger partial charge in [0.2, 0.25) is 23.6 Å². The van der Waals surface area contributed by atoms with Crippen molar-refractivity contribution in [3.05, 3.63) is 0 Å². The van der Waals surface area contributed by atoms with Crippen molar-refractivity contribution >= 4 is 48.2 Å². The van der Waals surface area contributed by atoms with Gasteiger partial charge in [0.1, 0.15) is 18.1 Å². The molecule has 0 aromatic rings. The Balaban J connectivity index is 5.44. The fraction of sp³-hybridized carbons (Fsp3) is 0.667. The van der Waals surface area contributed by atoms with E-state index >= 15 is 0 Å². The molecule has 0 rings (SSSR count). The second-order valence-electron chi connectivity index (χ2n) is 7.59. The van der Waals surface area contributed by atoms with Crippen LogP contribution < -0.4 is 38.9 Å². The smallest absolute Gasteiger partial charge is 0.326 e. The summed E-state index contributed by atoms with van der Waals surface area (Å²) in [5, 5.41) is 16.3. The topological polar surface area (TPSA) is 258 Å². The number of aliphatic imine (C=N–C) groups is 1. The summed E-state index contributed by atoms with van der Waals surface area (Å²) in [5.41, 5.74) is 21.3. The standard InChI is InChI=1S/C18H34N8O6S/c1-8(2)13(20)16(30)26-11(7-33)15(29)24-9(4-3-5-23-18(21)22)14(28)25-10(17(31)32)6-12(19)27/h8-11,13,33H,3-7,20H2,1-2H3,(H2,19,27)(H,24,29)(H,25,28)(H,26,30)(H,31,32)(H4,21,22,23). The van der Waals surface area contributed by atoms with E-state index in [0.29, 0.717) is 0 Å². The van der Waals surface area contributed by atoms with Crippen molar-refractivity contribution in [2.75, 3.05) is 12.3 Å². The van der Waals surface area contributed by atoms with Crippen LogP contribution in [0.1, 0.15) is 33.1 Å². The molecule has 15 heteroatoms. The molecule has 0 saturated heterocycles. The van der Waals surface area contributed by atoms with Gasteiger partial charge in [-0.3, -0.25) is 24.2 Å². The molecule has 0 saturated carbocycles. The first-order valence-electron chi connectivity index (χ1n) is 10.1. The van der Waals surface area contributed by atoms with Gasteiger partial charge in [-0.2, -0.15) is 12.6 Å². The number of nitrogens with one attached hydrogen (secondary N) is 3.